The van der Waals surface area contributed by atoms with Gasteiger partial charge in [-0.25, -0.2) is 8.42 Å². The first-order valence-corrected chi connectivity index (χ1v) is 13.1. The highest BCUT2D eigenvalue weighted by Crippen LogP contribution is 2.28. The summed E-state index contributed by atoms with van der Waals surface area (Å²) in [6.45, 7) is 4.76. The third-order valence-electron chi connectivity index (χ3n) is 6.32. The molecule has 7 heteroatoms. The van der Waals surface area contributed by atoms with Crippen molar-refractivity contribution in [2.24, 2.45) is 5.92 Å². The molecule has 6 nitrogen and oxygen atoms in total. The molecule has 2 N–H and O–H groups in total. The molecule has 0 radical (unpaired) electrons. The van der Waals surface area contributed by atoms with E-state index in [-0.39, 0.29) is 11.4 Å². The quantitative estimate of drug-likeness (QED) is 0.346. The van der Waals surface area contributed by atoms with Gasteiger partial charge < -0.3 is 10.2 Å². The van der Waals surface area contributed by atoms with E-state index in [2.05, 4.69) is 10.2 Å². The Kier molecular flexibility index (Phi) is 7.53. The minimum Gasteiger partial charge on any atom is -0.385 e. The molecule has 0 aliphatic carbocycles. The van der Waals surface area contributed by atoms with E-state index in [0.29, 0.717) is 17.4 Å². The maximum atomic E-state index is 13.6. The molecule has 178 valence electrons. The van der Waals surface area contributed by atoms with Gasteiger partial charge >= 0.3 is 0 Å². The molecule has 0 saturated carbocycles. The van der Waals surface area contributed by atoms with Gasteiger partial charge in [-0.1, -0.05) is 54.6 Å². The lowest BCUT2D eigenvalue weighted by Gasteiger charge is -2.33. The largest absolute Gasteiger partial charge is 0.385 e. The van der Waals surface area contributed by atoms with Crippen molar-refractivity contribution in [2.45, 2.75) is 31.2 Å². The summed E-state index contributed by atoms with van der Waals surface area (Å²) in [5.74, 6) is 1.17. The first-order chi connectivity index (χ1) is 16.4. The van der Waals surface area contributed by atoms with Crippen LogP contribution in [0.3, 0.4) is 0 Å². The van der Waals surface area contributed by atoms with Gasteiger partial charge in [0.2, 0.25) is 0 Å². The van der Waals surface area contributed by atoms with Crippen LogP contribution in [-0.4, -0.2) is 38.8 Å². The van der Waals surface area contributed by atoms with E-state index in [4.69, 9.17) is 5.41 Å². The Morgan fingerprint density at radius 1 is 0.971 bits per heavy atom. The standard InChI is InChI=1S/C27H32N4O2S/c1-22(28)30-17-15-23(16-18-30)20-29-25-11-8-12-26(19-25)31(21-24-9-4-2-5-10-24)34(32,33)27-13-6-3-7-14-27/h2-14,19,23,28-29H,15-18,20-21H2,1H3. The van der Waals surface area contributed by atoms with Crippen LogP contribution in [0, 0.1) is 11.3 Å². The molecule has 0 unspecified atom stereocenters. The topological polar surface area (TPSA) is 76.5 Å². The second kappa shape index (κ2) is 10.7. The first kappa shape index (κ1) is 23.8. The van der Waals surface area contributed by atoms with Gasteiger partial charge in [-0.15, -0.1) is 0 Å². The Labute approximate surface area is 202 Å². The van der Waals surface area contributed by atoms with Gasteiger partial charge in [0.15, 0.2) is 0 Å². The predicted octanol–water partition coefficient (Wildman–Crippen LogP) is 5.20. The first-order valence-electron chi connectivity index (χ1n) is 11.7. The van der Waals surface area contributed by atoms with Crippen molar-refractivity contribution in [1.82, 2.24) is 4.90 Å². The minimum atomic E-state index is -3.74. The van der Waals surface area contributed by atoms with Gasteiger partial charge in [0.1, 0.15) is 0 Å². The summed E-state index contributed by atoms with van der Waals surface area (Å²) < 4.78 is 28.7. The smallest absolute Gasteiger partial charge is 0.264 e. The van der Waals surface area contributed by atoms with Crippen molar-refractivity contribution >= 4 is 27.2 Å². The fraction of sp³-hybridized carbons (Fsp3) is 0.296. The molecule has 0 amide bonds. The van der Waals surface area contributed by atoms with Crippen LogP contribution in [-0.2, 0) is 16.6 Å². The number of sulfonamides is 1. The lowest BCUT2D eigenvalue weighted by atomic mass is 9.96. The third-order valence-corrected chi connectivity index (χ3v) is 8.11. The van der Waals surface area contributed by atoms with E-state index in [9.17, 15) is 8.42 Å². The van der Waals surface area contributed by atoms with E-state index in [1.807, 2.05) is 67.6 Å². The number of hydrogen-bond acceptors (Lipinski definition) is 4. The number of likely N-dealkylation sites (tertiary alicyclic amines) is 1. The summed E-state index contributed by atoms with van der Waals surface area (Å²) in [5, 5.41) is 11.3. The molecule has 1 heterocycles. The lowest BCUT2D eigenvalue weighted by molar-refractivity contribution is 0.272. The number of nitrogens with zero attached hydrogens (tertiary/aromatic N) is 2. The maximum Gasteiger partial charge on any atom is 0.264 e. The molecule has 3 aromatic carbocycles. The fourth-order valence-electron chi connectivity index (χ4n) is 4.29. The number of benzene rings is 3. The Morgan fingerprint density at radius 3 is 2.26 bits per heavy atom. The lowest BCUT2D eigenvalue weighted by Crippen LogP contribution is -2.38. The van der Waals surface area contributed by atoms with Gasteiger partial charge in [-0.2, -0.15) is 0 Å². The van der Waals surface area contributed by atoms with Crippen LogP contribution in [0.2, 0.25) is 0 Å². The molecule has 1 saturated heterocycles. The van der Waals surface area contributed by atoms with Crippen molar-refractivity contribution in [3.8, 4) is 0 Å². The Morgan fingerprint density at radius 2 is 1.62 bits per heavy atom. The average Bonchev–Trinajstić information content (AvgIpc) is 2.87. The zero-order valence-corrected chi connectivity index (χ0v) is 20.3. The van der Waals surface area contributed by atoms with Crippen molar-refractivity contribution in [2.75, 3.05) is 29.3 Å². The van der Waals surface area contributed by atoms with Crippen LogP contribution in [0.5, 0.6) is 0 Å². The Hall–Kier alpha value is -3.32. The molecule has 1 aliphatic heterocycles. The molecule has 0 bridgehead atoms. The van der Waals surface area contributed by atoms with E-state index >= 15 is 0 Å². The van der Waals surface area contributed by atoms with Crippen molar-refractivity contribution < 1.29 is 8.42 Å². The van der Waals surface area contributed by atoms with Crippen LogP contribution in [0.1, 0.15) is 25.3 Å². The number of anilines is 2. The minimum absolute atomic E-state index is 0.253. The summed E-state index contributed by atoms with van der Waals surface area (Å²) in [5.41, 5.74) is 2.46. The number of nitrogens with one attached hydrogen (secondary N) is 2. The van der Waals surface area contributed by atoms with Gasteiger partial charge in [-0.3, -0.25) is 9.71 Å². The number of rotatable bonds is 8. The fourth-order valence-corrected chi connectivity index (χ4v) is 5.76. The molecule has 3 aromatic rings. The highest BCUT2D eigenvalue weighted by atomic mass is 32.2. The highest BCUT2D eigenvalue weighted by molar-refractivity contribution is 7.92. The van der Waals surface area contributed by atoms with Crippen LogP contribution < -0.4 is 9.62 Å². The number of amidine groups is 1. The Bertz CT molecular complexity index is 1190. The van der Waals surface area contributed by atoms with E-state index in [1.165, 1.54) is 4.31 Å². The molecule has 0 aromatic heterocycles. The van der Waals surface area contributed by atoms with E-state index in [0.717, 1.165) is 43.7 Å². The van der Waals surface area contributed by atoms with Gasteiger partial charge in [0, 0.05) is 25.3 Å². The summed E-state index contributed by atoms with van der Waals surface area (Å²) >= 11 is 0. The summed E-state index contributed by atoms with van der Waals surface area (Å²) in [6.07, 6.45) is 2.09. The van der Waals surface area contributed by atoms with E-state index in [1.54, 1.807) is 24.3 Å². The number of piperidine rings is 1. The average molecular weight is 477 g/mol. The molecule has 1 aliphatic rings. The summed E-state index contributed by atoms with van der Waals surface area (Å²) in [6, 6.07) is 25.9. The van der Waals surface area contributed by atoms with Gasteiger partial charge in [-0.05, 0) is 61.6 Å². The maximum absolute atomic E-state index is 13.6. The molecule has 34 heavy (non-hydrogen) atoms. The SMILES string of the molecule is CC(=N)N1CCC(CNc2cccc(N(Cc3ccccc3)S(=O)(=O)c3ccccc3)c2)CC1. The molecule has 0 atom stereocenters. The molecule has 4 rings (SSSR count). The molecular weight excluding hydrogens is 444 g/mol. The van der Waals surface area contributed by atoms with Crippen molar-refractivity contribution in [3.05, 3.63) is 90.5 Å². The normalized spacial score (nSPS) is 14.6. The van der Waals surface area contributed by atoms with Crippen LogP contribution in [0.4, 0.5) is 11.4 Å². The Balaban J connectivity index is 1.54. The van der Waals surface area contributed by atoms with Crippen molar-refractivity contribution in [1.29, 1.82) is 5.41 Å². The zero-order valence-electron chi connectivity index (χ0n) is 19.5. The summed E-state index contributed by atoms with van der Waals surface area (Å²) in [7, 11) is -3.74. The van der Waals surface area contributed by atoms with Crippen molar-refractivity contribution in [3.63, 3.8) is 0 Å². The number of hydrogen-bond donors (Lipinski definition) is 2. The third kappa shape index (κ3) is 5.78. The highest BCUT2D eigenvalue weighted by Gasteiger charge is 2.25. The van der Waals surface area contributed by atoms with Gasteiger partial charge in [0.25, 0.3) is 10.0 Å². The second-order valence-corrected chi connectivity index (χ2v) is 10.6. The van der Waals surface area contributed by atoms with Crippen LogP contribution in [0.25, 0.3) is 0 Å². The molecule has 1 fully saturated rings. The monoisotopic (exact) mass is 476 g/mol. The predicted molar refractivity (Wildman–Crippen MR) is 139 cm³/mol. The van der Waals surface area contributed by atoms with Crippen LogP contribution >= 0.6 is 0 Å². The van der Waals surface area contributed by atoms with Gasteiger partial charge in [0.05, 0.1) is 23.0 Å². The van der Waals surface area contributed by atoms with Crippen LogP contribution in [0.15, 0.2) is 89.8 Å². The van der Waals surface area contributed by atoms with E-state index < -0.39 is 10.0 Å². The molecule has 0 spiro atoms. The summed E-state index contributed by atoms with van der Waals surface area (Å²) in [4.78, 5) is 2.39. The second-order valence-electron chi connectivity index (χ2n) is 8.76. The zero-order chi connectivity index (χ0) is 24.0. The molecular formula is C27H32N4O2S.